The first-order chi connectivity index (χ1) is 9.61. The van der Waals surface area contributed by atoms with Gasteiger partial charge < -0.3 is 10.1 Å². The summed E-state index contributed by atoms with van der Waals surface area (Å²) >= 11 is 3.87. The van der Waals surface area contributed by atoms with E-state index in [9.17, 15) is 0 Å². The van der Waals surface area contributed by atoms with Crippen molar-refractivity contribution in [2.45, 2.75) is 39.1 Å². The lowest BCUT2D eigenvalue weighted by molar-refractivity contribution is 0.180. The summed E-state index contributed by atoms with van der Waals surface area (Å²) in [6.07, 6.45) is 0. The van der Waals surface area contributed by atoms with Crippen LogP contribution in [0.3, 0.4) is 0 Å². The van der Waals surface area contributed by atoms with Gasteiger partial charge >= 0.3 is 0 Å². The van der Waals surface area contributed by atoms with Crippen molar-refractivity contribution in [1.82, 2.24) is 15.2 Å². The van der Waals surface area contributed by atoms with Crippen LogP contribution in [0.2, 0.25) is 0 Å². The summed E-state index contributed by atoms with van der Waals surface area (Å²) in [4.78, 5) is 8.59. The molecule has 1 aliphatic rings. The highest BCUT2D eigenvalue weighted by Gasteiger charge is 2.25. The van der Waals surface area contributed by atoms with Gasteiger partial charge in [-0.15, -0.1) is 11.3 Å². The van der Waals surface area contributed by atoms with Crippen LogP contribution in [0, 0.1) is 0 Å². The van der Waals surface area contributed by atoms with E-state index >= 15 is 0 Å². The van der Waals surface area contributed by atoms with Gasteiger partial charge in [0, 0.05) is 42.6 Å². The molecule has 114 valence electrons. The Bertz CT molecular complexity index is 423. The van der Waals surface area contributed by atoms with Crippen LogP contribution in [0.1, 0.15) is 35.5 Å². The van der Waals surface area contributed by atoms with Gasteiger partial charge in [0.2, 0.25) is 0 Å². The van der Waals surface area contributed by atoms with Gasteiger partial charge in [0.15, 0.2) is 0 Å². The first-order valence-corrected chi connectivity index (χ1v) is 9.07. The highest BCUT2D eigenvalue weighted by molar-refractivity contribution is 7.99. The van der Waals surface area contributed by atoms with Gasteiger partial charge in [0.1, 0.15) is 5.01 Å². The highest BCUT2D eigenvalue weighted by Crippen LogP contribution is 2.32. The van der Waals surface area contributed by atoms with Crippen LogP contribution in [-0.2, 0) is 17.9 Å². The second kappa shape index (κ2) is 7.75. The maximum absolute atomic E-state index is 5.30. The Morgan fingerprint density at radius 1 is 1.50 bits per heavy atom. The number of thiazole rings is 1. The van der Waals surface area contributed by atoms with Crippen molar-refractivity contribution in [2.24, 2.45) is 0 Å². The molecule has 1 saturated heterocycles. The van der Waals surface area contributed by atoms with Crippen LogP contribution in [0.15, 0.2) is 0 Å². The molecule has 0 bridgehead atoms. The molecular weight excluding hydrogens is 290 g/mol. The second-order valence-electron chi connectivity index (χ2n) is 5.46. The summed E-state index contributed by atoms with van der Waals surface area (Å²) in [5.74, 6) is 2.37. The molecule has 2 rings (SSSR count). The van der Waals surface area contributed by atoms with E-state index in [4.69, 9.17) is 9.72 Å². The van der Waals surface area contributed by atoms with E-state index in [2.05, 4.69) is 31.1 Å². The smallest absolute Gasteiger partial charge is 0.111 e. The van der Waals surface area contributed by atoms with Crippen LogP contribution < -0.4 is 5.32 Å². The first kappa shape index (κ1) is 16.2. The van der Waals surface area contributed by atoms with E-state index in [0.29, 0.717) is 18.7 Å². The molecule has 1 atom stereocenters. The molecule has 0 saturated carbocycles. The van der Waals surface area contributed by atoms with Gasteiger partial charge in [-0.05, 0) is 7.05 Å². The molecule has 0 amide bonds. The minimum absolute atomic E-state index is 0.460. The largest absolute Gasteiger partial charge is 0.378 e. The fourth-order valence-corrected chi connectivity index (χ4v) is 4.69. The molecule has 6 heteroatoms. The minimum atomic E-state index is 0.460. The Balaban J connectivity index is 2.14. The predicted octanol–water partition coefficient (Wildman–Crippen LogP) is 2.51. The van der Waals surface area contributed by atoms with E-state index in [1.165, 1.54) is 15.6 Å². The number of thioether (sulfide) groups is 1. The molecule has 0 spiro atoms. The Hall–Kier alpha value is -0.140. The molecule has 4 nitrogen and oxygen atoms in total. The normalized spacial score (nSPS) is 20.8. The number of ether oxygens (including phenoxy) is 1. The lowest BCUT2D eigenvalue weighted by Crippen LogP contribution is -2.32. The van der Waals surface area contributed by atoms with Gasteiger partial charge in [-0.3, -0.25) is 4.90 Å². The van der Waals surface area contributed by atoms with Crippen LogP contribution >= 0.6 is 23.1 Å². The Morgan fingerprint density at radius 2 is 2.30 bits per heavy atom. The zero-order valence-corrected chi connectivity index (χ0v) is 14.4. The average molecular weight is 316 g/mol. The number of hydrogen-bond acceptors (Lipinski definition) is 6. The minimum Gasteiger partial charge on any atom is -0.378 e. The number of hydrogen-bond donors (Lipinski definition) is 1. The second-order valence-corrected chi connectivity index (χ2v) is 7.73. The molecule has 0 aromatic carbocycles. The third-order valence-corrected chi connectivity index (χ3v) is 5.65. The van der Waals surface area contributed by atoms with Crippen LogP contribution in [0.4, 0.5) is 0 Å². The van der Waals surface area contributed by atoms with E-state index < -0.39 is 0 Å². The van der Waals surface area contributed by atoms with Crippen molar-refractivity contribution < 1.29 is 4.74 Å². The molecule has 2 heterocycles. The summed E-state index contributed by atoms with van der Waals surface area (Å²) in [6.45, 7) is 6.98. The third-order valence-electron chi connectivity index (χ3n) is 3.43. The topological polar surface area (TPSA) is 37.4 Å². The number of methoxy groups -OCH3 is 1. The lowest BCUT2D eigenvalue weighted by Gasteiger charge is -2.30. The van der Waals surface area contributed by atoms with Gasteiger partial charge in [0.25, 0.3) is 0 Å². The maximum atomic E-state index is 5.30. The molecule has 1 unspecified atom stereocenters. The molecular formula is C14H25N3OS2. The molecule has 1 aromatic heterocycles. The first-order valence-electron chi connectivity index (χ1n) is 7.10. The quantitative estimate of drug-likeness (QED) is 0.873. The SMILES string of the molecule is COCc1nc(C2CSCCN2C)sc1CNC(C)C. The van der Waals surface area contributed by atoms with Gasteiger partial charge in [-0.25, -0.2) is 4.98 Å². The summed E-state index contributed by atoms with van der Waals surface area (Å²) in [7, 11) is 3.94. The monoisotopic (exact) mass is 315 g/mol. The van der Waals surface area contributed by atoms with Crippen molar-refractivity contribution in [3.63, 3.8) is 0 Å². The van der Waals surface area contributed by atoms with Crippen LogP contribution in [0.25, 0.3) is 0 Å². The zero-order valence-electron chi connectivity index (χ0n) is 12.8. The molecule has 1 aromatic rings. The number of aromatic nitrogens is 1. The fourth-order valence-electron chi connectivity index (χ4n) is 2.18. The van der Waals surface area contributed by atoms with E-state index in [1.54, 1.807) is 7.11 Å². The summed E-state index contributed by atoms with van der Waals surface area (Å²) in [5, 5.41) is 4.73. The Kier molecular flexibility index (Phi) is 6.29. The van der Waals surface area contributed by atoms with E-state index in [-0.39, 0.29) is 0 Å². The van der Waals surface area contributed by atoms with Crippen LogP contribution in [0.5, 0.6) is 0 Å². The third kappa shape index (κ3) is 4.18. The van der Waals surface area contributed by atoms with Crippen LogP contribution in [-0.4, -0.2) is 48.1 Å². The molecule has 0 aliphatic carbocycles. The highest BCUT2D eigenvalue weighted by atomic mass is 32.2. The molecule has 1 aliphatic heterocycles. The van der Waals surface area contributed by atoms with Crippen molar-refractivity contribution in [3.8, 4) is 0 Å². The number of rotatable bonds is 6. The number of nitrogens with one attached hydrogen (secondary N) is 1. The van der Waals surface area contributed by atoms with Gasteiger partial charge in [-0.1, -0.05) is 13.8 Å². The molecule has 1 N–H and O–H groups in total. The standard InChI is InChI=1S/C14H25N3OS2/c1-10(2)15-7-13-11(8-18-4)16-14(20-13)12-9-19-6-5-17(12)3/h10,12,15H,5-9H2,1-4H3. The van der Waals surface area contributed by atoms with E-state index in [1.807, 2.05) is 23.1 Å². The number of nitrogens with zero attached hydrogens (tertiary/aromatic N) is 2. The van der Waals surface area contributed by atoms with Crippen molar-refractivity contribution >= 4 is 23.1 Å². The lowest BCUT2D eigenvalue weighted by atomic mass is 10.3. The average Bonchev–Trinajstić information content (AvgIpc) is 2.80. The molecule has 20 heavy (non-hydrogen) atoms. The summed E-state index contributed by atoms with van der Waals surface area (Å²) in [5.41, 5.74) is 1.10. The van der Waals surface area contributed by atoms with Crippen molar-refractivity contribution in [2.75, 3.05) is 32.2 Å². The Labute approximate surface area is 130 Å². The summed E-state index contributed by atoms with van der Waals surface area (Å²) in [6, 6.07) is 0.950. The maximum Gasteiger partial charge on any atom is 0.111 e. The predicted molar refractivity (Wildman–Crippen MR) is 87.5 cm³/mol. The molecule has 0 radical (unpaired) electrons. The van der Waals surface area contributed by atoms with Gasteiger partial charge in [-0.2, -0.15) is 11.8 Å². The zero-order chi connectivity index (χ0) is 14.5. The van der Waals surface area contributed by atoms with Crippen molar-refractivity contribution in [1.29, 1.82) is 0 Å². The summed E-state index contributed by atoms with van der Waals surface area (Å²) < 4.78 is 5.30. The van der Waals surface area contributed by atoms with E-state index in [0.717, 1.165) is 24.5 Å². The Morgan fingerprint density at radius 3 is 2.95 bits per heavy atom. The van der Waals surface area contributed by atoms with Gasteiger partial charge in [0.05, 0.1) is 18.3 Å². The molecule has 1 fully saturated rings. The van der Waals surface area contributed by atoms with Crippen molar-refractivity contribution in [3.05, 3.63) is 15.6 Å². The fraction of sp³-hybridized carbons (Fsp3) is 0.786.